The Morgan fingerprint density at radius 1 is 0.792 bits per heavy atom. The first-order valence-corrected chi connectivity index (χ1v) is 8.68. The van der Waals surface area contributed by atoms with Crippen LogP contribution in [0.2, 0.25) is 0 Å². The quantitative estimate of drug-likeness (QED) is 0.690. The maximum atomic E-state index is 4.73. The fourth-order valence-corrected chi connectivity index (χ4v) is 3.87. The van der Waals surface area contributed by atoms with Crippen LogP contribution in [0, 0.1) is 5.92 Å². The molecule has 2 aromatic heterocycles. The third-order valence-electron chi connectivity index (χ3n) is 5.03. The van der Waals surface area contributed by atoms with E-state index in [0.717, 1.165) is 11.3 Å². The van der Waals surface area contributed by atoms with E-state index in [-0.39, 0.29) is 0 Å². The van der Waals surface area contributed by atoms with Crippen LogP contribution in [0.5, 0.6) is 0 Å². The van der Waals surface area contributed by atoms with E-state index in [0.29, 0.717) is 11.8 Å². The van der Waals surface area contributed by atoms with Gasteiger partial charge in [-0.1, -0.05) is 49.2 Å². The van der Waals surface area contributed by atoms with Gasteiger partial charge in [0.15, 0.2) is 0 Å². The van der Waals surface area contributed by atoms with E-state index in [2.05, 4.69) is 34.2 Å². The van der Waals surface area contributed by atoms with E-state index in [1.807, 2.05) is 36.8 Å². The van der Waals surface area contributed by atoms with Gasteiger partial charge in [0.05, 0.1) is 5.69 Å². The van der Waals surface area contributed by atoms with Gasteiger partial charge in [-0.2, -0.15) is 0 Å². The topological polar surface area (TPSA) is 38.7 Å². The molecule has 0 amide bonds. The number of aromatic nitrogens is 3. The van der Waals surface area contributed by atoms with Crippen molar-refractivity contribution in [2.75, 3.05) is 0 Å². The minimum atomic E-state index is 0.353. The molecule has 2 heterocycles. The zero-order valence-electron chi connectivity index (χ0n) is 13.7. The van der Waals surface area contributed by atoms with Crippen molar-refractivity contribution < 1.29 is 0 Å². The minimum absolute atomic E-state index is 0.353. The van der Waals surface area contributed by atoms with Crippen molar-refractivity contribution in [3.05, 3.63) is 78.5 Å². The maximum Gasteiger partial charge on any atom is 0.115 e. The Kier molecular flexibility index (Phi) is 4.32. The minimum Gasteiger partial charge on any atom is -0.256 e. The van der Waals surface area contributed by atoms with Crippen LogP contribution in [0.3, 0.4) is 0 Å². The van der Waals surface area contributed by atoms with E-state index in [1.54, 1.807) is 6.33 Å². The first-order chi connectivity index (χ1) is 11.9. The highest BCUT2D eigenvalue weighted by Gasteiger charge is 2.28. The lowest BCUT2D eigenvalue weighted by Gasteiger charge is -2.23. The summed E-state index contributed by atoms with van der Waals surface area (Å²) in [6, 6.07) is 14.7. The normalized spacial score (nSPS) is 16.2. The molecule has 1 unspecified atom stereocenters. The number of nitrogens with zero attached hydrogens (tertiary/aromatic N) is 3. The van der Waals surface area contributed by atoms with Gasteiger partial charge in [0.25, 0.3) is 0 Å². The second-order valence-electron chi connectivity index (χ2n) is 6.54. The molecule has 3 heteroatoms. The molecule has 1 fully saturated rings. The van der Waals surface area contributed by atoms with Gasteiger partial charge < -0.3 is 0 Å². The number of pyridine rings is 1. The highest BCUT2D eigenvalue weighted by Crippen LogP contribution is 2.41. The Hall–Kier alpha value is -2.55. The first kappa shape index (κ1) is 15.0. The molecule has 24 heavy (non-hydrogen) atoms. The highest BCUT2D eigenvalue weighted by atomic mass is 14.8. The third-order valence-corrected chi connectivity index (χ3v) is 5.03. The summed E-state index contributed by atoms with van der Waals surface area (Å²) in [7, 11) is 0. The monoisotopic (exact) mass is 315 g/mol. The third kappa shape index (κ3) is 3.07. The van der Waals surface area contributed by atoms with Gasteiger partial charge in [-0.15, -0.1) is 0 Å². The molecule has 0 bridgehead atoms. The zero-order chi connectivity index (χ0) is 16.2. The highest BCUT2D eigenvalue weighted by molar-refractivity contribution is 5.58. The molecule has 4 rings (SSSR count). The van der Waals surface area contributed by atoms with Gasteiger partial charge >= 0.3 is 0 Å². The lowest BCUT2D eigenvalue weighted by atomic mass is 9.81. The van der Waals surface area contributed by atoms with Crippen LogP contribution in [-0.4, -0.2) is 15.0 Å². The van der Waals surface area contributed by atoms with E-state index in [1.165, 1.54) is 36.8 Å². The predicted molar refractivity (Wildman–Crippen MR) is 95.5 cm³/mol. The van der Waals surface area contributed by atoms with Crippen LogP contribution in [0.1, 0.15) is 42.7 Å². The van der Waals surface area contributed by atoms with Gasteiger partial charge in [-0.3, -0.25) is 4.98 Å². The number of hydrogen-bond donors (Lipinski definition) is 0. The molecule has 0 spiro atoms. The Balaban J connectivity index is 1.68. The van der Waals surface area contributed by atoms with Crippen LogP contribution < -0.4 is 0 Å². The number of rotatable bonds is 4. The fraction of sp³-hybridized carbons (Fsp3) is 0.286. The van der Waals surface area contributed by atoms with Gasteiger partial charge in [-0.05, 0) is 36.0 Å². The van der Waals surface area contributed by atoms with E-state index >= 15 is 0 Å². The molecule has 1 aliphatic carbocycles. The molecule has 0 N–H and O–H groups in total. The summed E-state index contributed by atoms with van der Waals surface area (Å²) in [6.07, 6.45) is 12.8. The average molecular weight is 315 g/mol. The van der Waals surface area contributed by atoms with Gasteiger partial charge in [-0.25, -0.2) is 9.97 Å². The van der Waals surface area contributed by atoms with Gasteiger partial charge in [0.1, 0.15) is 6.33 Å². The SMILES string of the molecule is c1ccc(-c2ccc(C(c3cncnc3)C3CCCC3)cn2)cc1. The molecular formula is C21H21N3. The van der Waals surface area contributed by atoms with E-state index in [4.69, 9.17) is 4.98 Å². The lowest BCUT2D eigenvalue weighted by Crippen LogP contribution is -2.12. The second-order valence-corrected chi connectivity index (χ2v) is 6.54. The molecule has 120 valence electrons. The molecule has 1 aromatic carbocycles. The molecule has 0 saturated heterocycles. The van der Waals surface area contributed by atoms with Crippen LogP contribution in [0.25, 0.3) is 11.3 Å². The molecule has 1 aliphatic rings. The number of benzene rings is 1. The molecule has 1 atom stereocenters. The predicted octanol–water partition coefficient (Wildman–Crippen LogP) is 4.86. The van der Waals surface area contributed by atoms with Crippen molar-refractivity contribution in [1.29, 1.82) is 0 Å². The Morgan fingerprint density at radius 2 is 1.54 bits per heavy atom. The van der Waals surface area contributed by atoms with Gasteiger partial charge in [0.2, 0.25) is 0 Å². The summed E-state index contributed by atoms with van der Waals surface area (Å²) in [4.78, 5) is 13.2. The number of hydrogen-bond acceptors (Lipinski definition) is 3. The molecule has 0 aliphatic heterocycles. The molecule has 0 radical (unpaired) electrons. The average Bonchev–Trinajstić information content (AvgIpc) is 3.18. The Morgan fingerprint density at radius 3 is 2.21 bits per heavy atom. The first-order valence-electron chi connectivity index (χ1n) is 8.68. The summed E-state index contributed by atoms with van der Waals surface area (Å²) in [5.74, 6) is 1.02. The van der Waals surface area contributed by atoms with Crippen LogP contribution >= 0.6 is 0 Å². The summed E-state index contributed by atoms with van der Waals surface area (Å²) in [6.45, 7) is 0. The van der Waals surface area contributed by atoms with Crippen LogP contribution in [0.15, 0.2) is 67.4 Å². The maximum absolute atomic E-state index is 4.73. The van der Waals surface area contributed by atoms with E-state index < -0.39 is 0 Å². The second kappa shape index (κ2) is 6.91. The van der Waals surface area contributed by atoms with Crippen molar-refractivity contribution in [2.24, 2.45) is 5.92 Å². The van der Waals surface area contributed by atoms with Crippen molar-refractivity contribution in [2.45, 2.75) is 31.6 Å². The molecule has 3 aromatic rings. The fourth-order valence-electron chi connectivity index (χ4n) is 3.87. The van der Waals surface area contributed by atoms with Gasteiger partial charge in [0, 0.05) is 30.1 Å². The summed E-state index contributed by atoms with van der Waals surface area (Å²) in [5, 5.41) is 0. The summed E-state index contributed by atoms with van der Waals surface area (Å²) < 4.78 is 0. The smallest absolute Gasteiger partial charge is 0.115 e. The zero-order valence-corrected chi connectivity index (χ0v) is 13.7. The lowest BCUT2D eigenvalue weighted by molar-refractivity contribution is 0.480. The molecule has 1 saturated carbocycles. The largest absolute Gasteiger partial charge is 0.256 e. The van der Waals surface area contributed by atoms with Crippen molar-refractivity contribution in [1.82, 2.24) is 15.0 Å². The van der Waals surface area contributed by atoms with E-state index in [9.17, 15) is 0 Å². The summed E-state index contributed by atoms with van der Waals surface area (Å²) in [5.41, 5.74) is 4.66. The van der Waals surface area contributed by atoms with Crippen molar-refractivity contribution in [3.63, 3.8) is 0 Å². The Bertz CT molecular complexity index is 763. The van der Waals surface area contributed by atoms with Crippen LogP contribution in [0.4, 0.5) is 0 Å². The van der Waals surface area contributed by atoms with Crippen molar-refractivity contribution >= 4 is 0 Å². The Labute approximate surface area is 142 Å². The van der Waals surface area contributed by atoms with Crippen molar-refractivity contribution in [3.8, 4) is 11.3 Å². The van der Waals surface area contributed by atoms with Crippen LogP contribution in [-0.2, 0) is 0 Å². The standard InChI is InChI=1S/C21H21N3/c1-2-6-16(7-3-1)20-11-10-18(14-24-20)21(17-8-4-5-9-17)19-12-22-15-23-13-19/h1-3,6-7,10-15,17,21H,4-5,8-9H2. The molecular weight excluding hydrogens is 294 g/mol. The summed E-state index contributed by atoms with van der Waals surface area (Å²) >= 11 is 0. The molecule has 3 nitrogen and oxygen atoms in total.